The Kier molecular flexibility index (Phi) is 3.28. The molecule has 2 aromatic rings. The lowest BCUT2D eigenvalue weighted by Crippen LogP contribution is -2.03. The maximum absolute atomic E-state index is 10.9. The molecule has 1 aromatic carbocycles. The van der Waals surface area contributed by atoms with E-state index in [4.69, 9.17) is 5.11 Å². The predicted molar refractivity (Wildman–Crippen MR) is 69.9 cm³/mol. The lowest BCUT2D eigenvalue weighted by Gasteiger charge is -2.03. The molecule has 0 aliphatic carbocycles. The molecule has 0 aliphatic heterocycles. The number of nitro groups is 1. The van der Waals surface area contributed by atoms with Crippen LogP contribution in [-0.2, 0) is 0 Å². The third kappa shape index (κ3) is 2.32. The van der Waals surface area contributed by atoms with E-state index in [1.807, 2.05) is 22.6 Å². The third-order valence-electron chi connectivity index (χ3n) is 2.19. The molecule has 0 unspecified atom stereocenters. The Morgan fingerprint density at radius 2 is 2.17 bits per heavy atom. The molecule has 0 saturated carbocycles. The summed E-state index contributed by atoms with van der Waals surface area (Å²) in [6, 6.07) is 5.89. The minimum Gasteiger partial charge on any atom is -0.476 e. The Labute approximate surface area is 114 Å². The van der Waals surface area contributed by atoms with Gasteiger partial charge in [0.1, 0.15) is 5.69 Å². The fourth-order valence-corrected chi connectivity index (χ4v) is 1.88. The topological polar surface area (TPSA) is 98.3 Å². The second kappa shape index (κ2) is 4.72. The number of benzene rings is 1. The molecule has 0 atom stereocenters. The van der Waals surface area contributed by atoms with Crippen LogP contribution in [0.2, 0.25) is 0 Å². The zero-order valence-electron chi connectivity index (χ0n) is 8.78. The molecule has 0 saturated heterocycles. The first kappa shape index (κ1) is 12.5. The highest BCUT2D eigenvalue weighted by atomic mass is 127. The maximum Gasteiger partial charge on any atom is 0.356 e. The fourth-order valence-electron chi connectivity index (χ4n) is 1.41. The second-order valence-corrected chi connectivity index (χ2v) is 4.59. The van der Waals surface area contributed by atoms with E-state index in [2.05, 4.69) is 5.10 Å². The van der Waals surface area contributed by atoms with Gasteiger partial charge in [-0.05, 0) is 40.8 Å². The van der Waals surface area contributed by atoms with Crippen LogP contribution in [0.4, 0.5) is 5.69 Å². The second-order valence-electron chi connectivity index (χ2n) is 3.34. The molecule has 0 fully saturated rings. The molecule has 1 N–H and O–H groups in total. The van der Waals surface area contributed by atoms with E-state index < -0.39 is 10.9 Å². The summed E-state index contributed by atoms with van der Waals surface area (Å²) >= 11 is 1.96. The highest BCUT2D eigenvalue weighted by Crippen LogP contribution is 2.24. The predicted octanol–water partition coefficient (Wildman–Crippen LogP) is 2.08. The number of aromatic nitrogens is 2. The Morgan fingerprint density at radius 1 is 1.44 bits per heavy atom. The van der Waals surface area contributed by atoms with E-state index in [0.29, 0.717) is 3.57 Å². The zero-order chi connectivity index (χ0) is 13.3. The highest BCUT2D eigenvalue weighted by molar-refractivity contribution is 14.1. The first-order chi connectivity index (χ1) is 8.49. The van der Waals surface area contributed by atoms with Gasteiger partial charge in [0.15, 0.2) is 5.69 Å². The molecule has 8 heteroatoms. The average Bonchev–Trinajstić information content (AvgIpc) is 2.78. The van der Waals surface area contributed by atoms with Crippen LogP contribution in [0.5, 0.6) is 0 Å². The number of nitro benzene ring substituents is 1. The molecular formula is C10H6IN3O4. The first-order valence-electron chi connectivity index (χ1n) is 4.72. The van der Waals surface area contributed by atoms with Crippen molar-refractivity contribution in [2.24, 2.45) is 0 Å². The van der Waals surface area contributed by atoms with Gasteiger partial charge in [-0.15, -0.1) is 0 Å². The van der Waals surface area contributed by atoms with Crippen molar-refractivity contribution in [1.82, 2.24) is 9.78 Å². The largest absolute Gasteiger partial charge is 0.476 e. The van der Waals surface area contributed by atoms with Gasteiger partial charge in [0.25, 0.3) is 5.69 Å². The van der Waals surface area contributed by atoms with E-state index in [9.17, 15) is 14.9 Å². The molecular weight excluding hydrogens is 353 g/mol. The summed E-state index contributed by atoms with van der Waals surface area (Å²) in [7, 11) is 0. The van der Waals surface area contributed by atoms with E-state index in [1.54, 1.807) is 6.07 Å². The standard InChI is InChI=1S/C10H6IN3O4/c11-6-1-2-8(9(5-6)14(17)18)13-4-3-7(12-13)10(15)16/h1-5H,(H,15,16). The van der Waals surface area contributed by atoms with Gasteiger partial charge < -0.3 is 5.11 Å². The lowest BCUT2D eigenvalue weighted by atomic mass is 10.3. The lowest BCUT2D eigenvalue weighted by molar-refractivity contribution is -0.384. The van der Waals surface area contributed by atoms with Gasteiger partial charge in [0.2, 0.25) is 0 Å². The number of carboxylic acid groups (broad SMARTS) is 1. The number of nitrogens with zero attached hydrogens (tertiary/aromatic N) is 3. The van der Waals surface area contributed by atoms with E-state index >= 15 is 0 Å². The molecule has 1 heterocycles. The van der Waals surface area contributed by atoms with Crippen LogP contribution < -0.4 is 0 Å². The van der Waals surface area contributed by atoms with Gasteiger partial charge >= 0.3 is 5.97 Å². The molecule has 92 valence electrons. The summed E-state index contributed by atoms with van der Waals surface area (Å²) in [5.74, 6) is -1.18. The number of aromatic carboxylic acids is 1. The Hall–Kier alpha value is -1.97. The molecule has 0 spiro atoms. The molecule has 0 radical (unpaired) electrons. The summed E-state index contributed by atoms with van der Waals surface area (Å²) in [5, 5.41) is 23.5. The van der Waals surface area contributed by atoms with Gasteiger partial charge in [-0.25, -0.2) is 9.48 Å². The monoisotopic (exact) mass is 359 g/mol. The Bertz CT molecular complexity index is 638. The number of carboxylic acids is 1. The Morgan fingerprint density at radius 3 is 2.72 bits per heavy atom. The normalized spacial score (nSPS) is 10.3. The van der Waals surface area contributed by atoms with Crippen molar-refractivity contribution < 1.29 is 14.8 Å². The average molecular weight is 359 g/mol. The van der Waals surface area contributed by atoms with Gasteiger partial charge in [0, 0.05) is 15.8 Å². The maximum atomic E-state index is 10.9. The minimum absolute atomic E-state index is 0.123. The van der Waals surface area contributed by atoms with E-state index in [1.165, 1.54) is 29.1 Å². The van der Waals surface area contributed by atoms with Crippen LogP contribution in [-0.4, -0.2) is 25.8 Å². The number of hydrogen-bond donors (Lipinski definition) is 1. The van der Waals surface area contributed by atoms with Crippen LogP contribution in [0.25, 0.3) is 5.69 Å². The van der Waals surface area contributed by atoms with Crippen molar-refractivity contribution in [1.29, 1.82) is 0 Å². The third-order valence-corrected chi connectivity index (χ3v) is 2.86. The molecule has 0 aliphatic rings. The van der Waals surface area contributed by atoms with Crippen molar-refractivity contribution in [3.8, 4) is 5.69 Å². The summed E-state index contributed by atoms with van der Waals surface area (Å²) < 4.78 is 1.89. The summed E-state index contributed by atoms with van der Waals surface area (Å²) in [4.78, 5) is 21.1. The van der Waals surface area contributed by atoms with Crippen molar-refractivity contribution >= 4 is 34.2 Å². The molecule has 2 rings (SSSR count). The SMILES string of the molecule is O=C(O)c1ccn(-c2ccc(I)cc2[N+](=O)[O-])n1. The summed E-state index contributed by atoms with van der Waals surface area (Å²) in [6.07, 6.45) is 1.37. The molecule has 1 aromatic heterocycles. The van der Waals surface area contributed by atoms with Crippen LogP contribution in [0.15, 0.2) is 30.5 Å². The number of hydrogen-bond acceptors (Lipinski definition) is 4. The molecule has 18 heavy (non-hydrogen) atoms. The van der Waals surface area contributed by atoms with Gasteiger partial charge in [-0.2, -0.15) is 5.10 Å². The van der Waals surface area contributed by atoms with Crippen LogP contribution in [0, 0.1) is 13.7 Å². The summed E-state index contributed by atoms with van der Waals surface area (Å²) in [6.45, 7) is 0. The first-order valence-corrected chi connectivity index (χ1v) is 5.80. The number of carbonyl (C=O) groups is 1. The smallest absolute Gasteiger partial charge is 0.356 e. The van der Waals surface area contributed by atoms with E-state index in [-0.39, 0.29) is 17.1 Å². The molecule has 0 amide bonds. The fraction of sp³-hybridized carbons (Fsp3) is 0. The van der Waals surface area contributed by atoms with Crippen LogP contribution in [0.1, 0.15) is 10.5 Å². The van der Waals surface area contributed by atoms with Crippen molar-refractivity contribution in [3.05, 3.63) is 49.8 Å². The summed E-state index contributed by atoms with van der Waals surface area (Å²) in [5.41, 5.74) is -0.0577. The zero-order valence-corrected chi connectivity index (χ0v) is 10.9. The van der Waals surface area contributed by atoms with Crippen molar-refractivity contribution in [2.45, 2.75) is 0 Å². The van der Waals surface area contributed by atoms with Crippen molar-refractivity contribution in [3.63, 3.8) is 0 Å². The van der Waals surface area contributed by atoms with Crippen LogP contribution >= 0.6 is 22.6 Å². The highest BCUT2D eigenvalue weighted by Gasteiger charge is 2.17. The number of halogens is 1. The van der Waals surface area contributed by atoms with E-state index in [0.717, 1.165) is 0 Å². The van der Waals surface area contributed by atoms with Gasteiger partial charge in [-0.1, -0.05) is 0 Å². The van der Waals surface area contributed by atoms with Crippen molar-refractivity contribution in [2.75, 3.05) is 0 Å². The van der Waals surface area contributed by atoms with Gasteiger partial charge in [0.05, 0.1) is 4.92 Å². The Balaban J connectivity index is 2.55. The van der Waals surface area contributed by atoms with Gasteiger partial charge in [-0.3, -0.25) is 10.1 Å². The van der Waals surface area contributed by atoms with Crippen LogP contribution in [0.3, 0.4) is 0 Å². The number of rotatable bonds is 3. The quantitative estimate of drug-likeness (QED) is 0.514. The molecule has 7 nitrogen and oxygen atoms in total. The minimum atomic E-state index is -1.18. The molecule has 0 bridgehead atoms.